The van der Waals surface area contributed by atoms with E-state index >= 15 is 0 Å². The molecule has 2 rings (SSSR count). The van der Waals surface area contributed by atoms with Gasteiger partial charge in [0.1, 0.15) is 11.8 Å². The van der Waals surface area contributed by atoms with Gasteiger partial charge < -0.3 is 10.4 Å². The molecule has 1 atom stereocenters. The zero-order valence-electron chi connectivity index (χ0n) is 9.77. The molecule has 0 bridgehead atoms. The standard InChI is InChI=1S/C14H10Cl2N2O/c15-10-2-4-11(5-3-10)18-13(8-17)9-1-6-14(19)12(16)7-9/h1-7,13,18-19H. The quantitative estimate of drug-likeness (QED) is 0.883. The van der Waals surface area contributed by atoms with Crippen LogP contribution in [0.15, 0.2) is 42.5 Å². The first-order valence-corrected chi connectivity index (χ1v) is 6.26. The second-order valence-corrected chi connectivity index (χ2v) is 4.77. The number of phenols is 1. The van der Waals surface area contributed by atoms with Crippen molar-refractivity contribution < 1.29 is 5.11 Å². The van der Waals surface area contributed by atoms with Crippen LogP contribution in [0.2, 0.25) is 10.0 Å². The number of rotatable bonds is 3. The molecule has 0 heterocycles. The molecular formula is C14H10Cl2N2O. The van der Waals surface area contributed by atoms with Crippen molar-refractivity contribution in [3.8, 4) is 11.8 Å². The Balaban J connectivity index is 2.23. The smallest absolute Gasteiger partial charge is 0.140 e. The van der Waals surface area contributed by atoms with Gasteiger partial charge in [0.15, 0.2) is 0 Å². The number of aromatic hydroxyl groups is 1. The molecule has 0 spiro atoms. The van der Waals surface area contributed by atoms with Crippen molar-refractivity contribution in [1.82, 2.24) is 0 Å². The Morgan fingerprint density at radius 3 is 2.37 bits per heavy atom. The molecule has 96 valence electrons. The Labute approximate surface area is 121 Å². The third-order valence-corrected chi connectivity index (χ3v) is 3.14. The predicted octanol–water partition coefficient (Wildman–Crippen LogP) is 4.38. The largest absolute Gasteiger partial charge is 0.506 e. The molecule has 2 aromatic carbocycles. The highest BCUT2D eigenvalue weighted by Crippen LogP contribution is 2.28. The minimum atomic E-state index is -0.556. The van der Waals surface area contributed by atoms with Gasteiger partial charge in [-0.3, -0.25) is 0 Å². The highest BCUT2D eigenvalue weighted by atomic mass is 35.5. The highest BCUT2D eigenvalue weighted by Gasteiger charge is 2.12. The van der Waals surface area contributed by atoms with Crippen LogP contribution in [0.5, 0.6) is 5.75 Å². The summed E-state index contributed by atoms with van der Waals surface area (Å²) in [6, 6.07) is 13.3. The summed E-state index contributed by atoms with van der Waals surface area (Å²) < 4.78 is 0. The van der Waals surface area contributed by atoms with Crippen LogP contribution in [-0.4, -0.2) is 5.11 Å². The molecule has 0 amide bonds. The van der Waals surface area contributed by atoms with Crippen molar-refractivity contribution in [2.75, 3.05) is 5.32 Å². The summed E-state index contributed by atoms with van der Waals surface area (Å²) in [7, 11) is 0. The lowest BCUT2D eigenvalue weighted by Gasteiger charge is -2.14. The van der Waals surface area contributed by atoms with Crippen molar-refractivity contribution in [2.24, 2.45) is 0 Å². The molecule has 2 N–H and O–H groups in total. The van der Waals surface area contributed by atoms with Gasteiger partial charge >= 0.3 is 0 Å². The van der Waals surface area contributed by atoms with Crippen molar-refractivity contribution >= 4 is 28.9 Å². The molecule has 0 saturated carbocycles. The maximum absolute atomic E-state index is 9.37. The van der Waals surface area contributed by atoms with Gasteiger partial charge in [-0.25, -0.2) is 0 Å². The molecule has 0 radical (unpaired) electrons. The first-order valence-electron chi connectivity index (χ1n) is 5.50. The number of anilines is 1. The Morgan fingerprint density at radius 1 is 1.11 bits per heavy atom. The summed E-state index contributed by atoms with van der Waals surface area (Å²) in [5.74, 6) is -0.00593. The summed E-state index contributed by atoms with van der Waals surface area (Å²) in [6.45, 7) is 0. The van der Waals surface area contributed by atoms with E-state index in [0.717, 1.165) is 5.69 Å². The zero-order valence-corrected chi connectivity index (χ0v) is 11.3. The Bertz CT molecular complexity index is 620. The number of nitriles is 1. The summed E-state index contributed by atoms with van der Waals surface area (Å²) in [4.78, 5) is 0. The molecule has 5 heteroatoms. The summed E-state index contributed by atoms with van der Waals surface area (Å²) >= 11 is 11.6. The van der Waals surface area contributed by atoms with Crippen LogP contribution in [0.3, 0.4) is 0 Å². The first-order chi connectivity index (χ1) is 9.10. The first kappa shape index (κ1) is 13.5. The van der Waals surface area contributed by atoms with E-state index in [1.165, 1.54) is 6.07 Å². The van der Waals surface area contributed by atoms with E-state index < -0.39 is 6.04 Å². The van der Waals surface area contributed by atoms with E-state index in [2.05, 4.69) is 11.4 Å². The van der Waals surface area contributed by atoms with E-state index in [4.69, 9.17) is 23.2 Å². The van der Waals surface area contributed by atoms with Gasteiger partial charge in [0.2, 0.25) is 0 Å². The number of benzene rings is 2. The van der Waals surface area contributed by atoms with Crippen LogP contribution >= 0.6 is 23.2 Å². The second-order valence-electron chi connectivity index (χ2n) is 3.92. The van der Waals surface area contributed by atoms with Crippen LogP contribution in [0.1, 0.15) is 11.6 Å². The van der Waals surface area contributed by atoms with E-state index in [9.17, 15) is 10.4 Å². The third-order valence-electron chi connectivity index (χ3n) is 2.59. The van der Waals surface area contributed by atoms with Crippen molar-refractivity contribution in [3.05, 3.63) is 58.1 Å². The van der Waals surface area contributed by atoms with E-state index in [-0.39, 0.29) is 10.8 Å². The van der Waals surface area contributed by atoms with Crippen LogP contribution in [-0.2, 0) is 0 Å². The fourth-order valence-corrected chi connectivity index (χ4v) is 1.92. The normalized spacial score (nSPS) is 11.6. The number of halogens is 2. The van der Waals surface area contributed by atoms with Gasteiger partial charge in [-0.15, -0.1) is 0 Å². The minimum absolute atomic E-state index is 0.00593. The fraction of sp³-hybridized carbons (Fsp3) is 0.0714. The maximum Gasteiger partial charge on any atom is 0.140 e. The van der Waals surface area contributed by atoms with Crippen molar-refractivity contribution in [1.29, 1.82) is 5.26 Å². The van der Waals surface area contributed by atoms with Gasteiger partial charge in [-0.2, -0.15) is 5.26 Å². The van der Waals surface area contributed by atoms with Crippen LogP contribution in [0.25, 0.3) is 0 Å². The lowest BCUT2D eigenvalue weighted by Crippen LogP contribution is -2.08. The number of phenolic OH excluding ortho intramolecular Hbond substituents is 1. The van der Waals surface area contributed by atoms with Crippen LogP contribution in [0.4, 0.5) is 5.69 Å². The Kier molecular flexibility index (Phi) is 4.16. The van der Waals surface area contributed by atoms with E-state index in [0.29, 0.717) is 10.6 Å². The average molecular weight is 293 g/mol. The second kappa shape index (κ2) is 5.83. The monoisotopic (exact) mass is 292 g/mol. The van der Waals surface area contributed by atoms with E-state index in [1.54, 1.807) is 36.4 Å². The Morgan fingerprint density at radius 2 is 1.79 bits per heavy atom. The zero-order chi connectivity index (χ0) is 13.8. The molecule has 1 unspecified atom stereocenters. The molecule has 3 nitrogen and oxygen atoms in total. The highest BCUT2D eigenvalue weighted by molar-refractivity contribution is 6.32. The fourth-order valence-electron chi connectivity index (χ4n) is 1.61. The molecule has 0 aliphatic rings. The number of nitrogens with one attached hydrogen (secondary N) is 1. The van der Waals surface area contributed by atoms with Crippen LogP contribution in [0, 0.1) is 11.3 Å². The SMILES string of the molecule is N#CC(Nc1ccc(Cl)cc1)c1ccc(O)c(Cl)c1. The number of hydrogen-bond donors (Lipinski definition) is 2. The third kappa shape index (κ3) is 3.31. The van der Waals surface area contributed by atoms with Crippen molar-refractivity contribution in [3.63, 3.8) is 0 Å². The molecule has 0 aromatic heterocycles. The minimum Gasteiger partial charge on any atom is -0.506 e. The molecule has 0 aliphatic carbocycles. The molecule has 2 aromatic rings. The lowest BCUT2D eigenvalue weighted by molar-refractivity contribution is 0.475. The summed E-state index contributed by atoms with van der Waals surface area (Å²) in [5.41, 5.74) is 1.46. The summed E-state index contributed by atoms with van der Waals surface area (Å²) in [6.07, 6.45) is 0. The summed E-state index contributed by atoms with van der Waals surface area (Å²) in [5, 5.41) is 22.5. The molecule has 0 saturated heterocycles. The van der Waals surface area contributed by atoms with E-state index in [1.807, 2.05) is 0 Å². The maximum atomic E-state index is 9.37. The van der Waals surface area contributed by atoms with Crippen LogP contribution < -0.4 is 5.32 Å². The Hall–Kier alpha value is -1.89. The van der Waals surface area contributed by atoms with Gasteiger partial charge in [0.25, 0.3) is 0 Å². The average Bonchev–Trinajstić information content (AvgIpc) is 2.41. The predicted molar refractivity (Wildman–Crippen MR) is 76.5 cm³/mol. The van der Waals surface area contributed by atoms with Gasteiger partial charge in [0.05, 0.1) is 11.1 Å². The van der Waals surface area contributed by atoms with Gasteiger partial charge in [0, 0.05) is 10.7 Å². The number of nitrogens with zero attached hydrogens (tertiary/aromatic N) is 1. The topological polar surface area (TPSA) is 56.0 Å². The van der Waals surface area contributed by atoms with Crippen molar-refractivity contribution in [2.45, 2.75) is 6.04 Å². The molecule has 19 heavy (non-hydrogen) atoms. The molecule has 0 aliphatic heterocycles. The molecule has 0 fully saturated rings. The van der Waals surface area contributed by atoms with Gasteiger partial charge in [-0.1, -0.05) is 29.3 Å². The van der Waals surface area contributed by atoms with Gasteiger partial charge in [-0.05, 0) is 42.0 Å². The molecular weight excluding hydrogens is 283 g/mol. The lowest BCUT2D eigenvalue weighted by atomic mass is 10.1. The number of hydrogen-bond acceptors (Lipinski definition) is 3.